The van der Waals surface area contributed by atoms with Crippen molar-refractivity contribution in [3.8, 4) is 0 Å². The number of amides is 1. The van der Waals surface area contributed by atoms with Crippen LogP contribution in [0.25, 0.3) is 0 Å². The summed E-state index contributed by atoms with van der Waals surface area (Å²) in [5.41, 5.74) is 2.60. The Morgan fingerprint density at radius 2 is 1.76 bits per heavy atom. The molecule has 1 amide bonds. The minimum Gasteiger partial charge on any atom is -0.390 e. The molecule has 37 heavy (non-hydrogen) atoms. The van der Waals surface area contributed by atoms with Gasteiger partial charge in [-0.1, -0.05) is 77.3 Å². The van der Waals surface area contributed by atoms with Crippen molar-refractivity contribution in [3.63, 3.8) is 0 Å². The third-order valence-corrected chi connectivity index (χ3v) is 7.31. The van der Waals surface area contributed by atoms with E-state index in [0.29, 0.717) is 12.0 Å². The number of rotatable bonds is 10. The first kappa shape index (κ1) is 29.0. The van der Waals surface area contributed by atoms with Crippen LogP contribution in [-0.2, 0) is 22.2 Å². The molecular formula is C31H42F2N2O2. The first-order chi connectivity index (χ1) is 17.5. The maximum Gasteiger partial charge on any atom is 0.243 e. The highest BCUT2D eigenvalue weighted by atomic mass is 19.1. The van der Waals surface area contributed by atoms with Gasteiger partial charge in [-0.2, -0.15) is 0 Å². The van der Waals surface area contributed by atoms with Crippen LogP contribution >= 0.6 is 0 Å². The summed E-state index contributed by atoms with van der Waals surface area (Å²) in [6, 6.07) is 11.3. The molecule has 2 aromatic rings. The summed E-state index contributed by atoms with van der Waals surface area (Å²) >= 11 is 0. The lowest BCUT2D eigenvalue weighted by atomic mass is 9.74. The second kappa shape index (κ2) is 12.8. The smallest absolute Gasteiger partial charge is 0.243 e. The fraction of sp³-hybridized carbons (Fsp3) is 0.516. The second-order valence-corrected chi connectivity index (χ2v) is 11.3. The fourth-order valence-corrected chi connectivity index (χ4v) is 5.17. The third kappa shape index (κ3) is 8.21. The van der Waals surface area contributed by atoms with Crippen LogP contribution in [-0.4, -0.2) is 29.7 Å². The topological polar surface area (TPSA) is 61.4 Å². The van der Waals surface area contributed by atoms with Crippen LogP contribution in [0.4, 0.5) is 8.78 Å². The van der Waals surface area contributed by atoms with Crippen molar-refractivity contribution in [1.29, 1.82) is 0 Å². The maximum absolute atomic E-state index is 13.8. The molecule has 0 heterocycles. The average molecular weight is 513 g/mol. The molecule has 4 nitrogen and oxygen atoms in total. The number of benzene rings is 2. The van der Waals surface area contributed by atoms with Crippen molar-refractivity contribution in [1.82, 2.24) is 10.6 Å². The Kier molecular flexibility index (Phi) is 10.0. The van der Waals surface area contributed by atoms with Gasteiger partial charge in [-0.3, -0.25) is 4.79 Å². The molecule has 3 N–H and O–H groups in total. The van der Waals surface area contributed by atoms with Gasteiger partial charge < -0.3 is 15.7 Å². The first-order valence-corrected chi connectivity index (χ1v) is 13.5. The molecule has 3 rings (SSSR count). The van der Waals surface area contributed by atoms with E-state index >= 15 is 0 Å². The highest BCUT2D eigenvalue weighted by Crippen LogP contribution is 2.38. The van der Waals surface area contributed by atoms with E-state index in [9.17, 15) is 18.7 Å². The Bertz CT molecular complexity index is 1050. The minimum absolute atomic E-state index is 0.0208. The van der Waals surface area contributed by atoms with Crippen molar-refractivity contribution in [2.24, 2.45) is 0 Å². The van der Waals surface area contributed by atoms with E-state index in [-0.39, 0.29) is 29.8 Å². The molecular weight excluding hydrogens is 470 g/mol. The Morgan fingerprint density at radius 1 is 1.08 bits per heavy atom. The van der Waals surface area contributed by atoms with Crippen LogP contribution < -0.4 is 10.6 Å². The number of hydrogen-bond acceptors (Lipinski definition) is 3. The van der Waals surface area contributed by atoms with Crippen molar-refractivity contribution in [2.75, 3.05) is 6.54 Å². The van der Waals surface area contributed by atoms with Gasteiger partial charge in [0.25, 0.3) is 0 Å². The largest absolute Gasteiger partial charge is 0.390 e. The fourth-order valence-electron chi connectivity index (χ4n) is 5.17. The summed E-state index contributed by atoms with van der Waals surface area (Å²) < 4.78 is 27.7. The summed E-state index contributed by atoms with van der Waals surface area (Å²) in [5.74, 6) is -1.70. The normalized spacial score (nSPS) is 17.5. The molecule has 0 saturated heterocycles. The number of halogens is 2. The van der Waals surface area contributed by atoms with E-state index in [1.165, 1.54) is 35.8 Å². The third-order valence-electron chi connectivity index (χ3n) is 7.31. The molecule has 202 valence electrons. The molecule has 1 saturated carbocycles. The lowest BCUT2D eigenvalue weighted by Crippen LogP contribution is -2.53. The van der Waals surface area contributed by atoms with E-state index in [0.717, 1.165) is 31.7 Å². The Morgan fingerprint density at radius 3 is 2.38 bits per heavy atom. The van der Waals surface area contributed by atoms with Gasteiger partial charge in [0.05, 0.1) is 12.1 Å². The van der Waals surface area contributed by atoms with Crippen molar-refractivity contribution in [3.05, 3.63) is 82.9 Å². The van der Waals surface area contributed by atoms with Gasteiger partial charge in [0.15, 0.2) is 0 Å². The zero-order valence-corrected chi connectivity index (χ0v) is 22.6. The van der Waals surface area contributed by atoms with Gasteiger partial charge in [0.1, 0.15) is 11.6 Å². The van der Waals surface area contributed by atoms with Crippen LogP contribution in [0, 0.1) is 11.6 Å². The molecule has 2 atom stereocenters. The highest BCUT2D eigenvalue weighted by Gasteiger charge is 2.35. The summed E-state index contributed by atoms with van der Waals surface area (Å²) in [5, 5.41) is 17.8. The molecule has 1 aliphatic carbocycles. The summed E-state index contributed by atoms with van der Waals surface area (Å²) in [6.07, 6.45) is 8.28. The maximum atomic E-state index is 13.8. The Balaban J connectivity index is 1.83. The number of carbonyl (C=O) groups excluding carboxylic acids is 1. The second-order valence-electron chi connectivity index (χ2n) is 11.3. The molecule has 0 aliphatic heterocycles. The number of hydrogen-bond donors (Lipinski definition) is 3. The lowest BCUT2D eigenvalue weighted by Gasteiger charge is -2.41. The summed E-state index contributed by atoms with van der Waals surface area (Å²) in [7, 11) is 0. The summed E-state index contributed by atoms with van der Waals surface area (Å²) in [4.78, 5) is 12.5. The molecule has 6 heteroatoms. The first-order valence-electron chi connectivity index (χ1n) is 13.5. The summed E-state index contributed by atoms with van der Waals surface area (Å²) in [6.45, 7) is 8.76. The van der Waals surface area contributed by atoms with Gasteiger partial charge in [0, 0.05) is 18.2 Å². The number of allylic oxidation sites excluding steroid dienone is 1. The lowest BCUT2D eigenvalue weighted by molar-refractivity contribution is -0.118. The quantitative estimate of drug-likeness (QED) is 0.339. The van der Waals surface area contributed by atoms with Crippen LogP contribution in [0.2, 0.25) is 0 Å². The minimum atomic E-state index is -0.963. The molecule has 1 aliphatic rings. The zero-order chi connectivity index (χ0) is 27.1. The van der Waals surface area contributed by atoms with Gasteiger partial charge in [0.2, 0.25) is 5.91 Å². The van der Waals surface area contributed by atoms with E-state index in [4.69, 9.17) is 0 Å². The van der Waals surface area contributed by atoms with Crippen molar-refractivity contribution < 1.29 is 18.7 Å². The molecule has 2 aromatic carbocycles. The number of aliphatic hydroxyl groups is 1. The van der Waals surface area contributed by atoms with Gasteiger partial charge in [-0.05, 0) is 66.0 Å². The predicted molar refractivity (Wildman–Crippen MR) is 145 cm³/mol. The standard InChI is InChI=1S/C31H42F2N2O2/c1-5-6-13-29(37)35-27(18-22-16-25(32)20-26(33)17-22)28(36)21-34-31(14-8-7-9-15-31)24-12-10-11-23(19-24)30(2,3)4/h6,10-13,16-17,19-20,27-28,34,36H,5,7-9,14-15,18,21H2,1-4H3,(H,35,37). The van der Waals surface area contributed by atoms with Crippen molar-refractivity contribution in [2.45, 2.75) is 95.7 Å². The van der Waals surface area contributed by atoms with Crippen LogP contribution in [0.3, 0.4) is 0 Å². The monoisotopic (exact) mass is 512 g/mol. The van der Waals surface area contributed by atoms with Crippen LogP contribution in [0.15, 0.2) is 54.6 Å². The zero-order valence-electron chi connectivity index (χ0n) is 22.6. The molecule has 2 unspecified atom stereocenters. The average Bonchev–Trinajstić information content (AvgIpc) is 2.85. The molecule has 0 bridgehead atoms. The van der Waals surface area contributed by atoms with E-state index in [1.807, 2.05) is 6.92 Å². The Labute approximate surface area is 220 Å². The number of aliphatic hydroxyl groups excluding tert-OH is 1. The molecule has 1 fully saturated rings. The van der Waals surface area contributed by atoms with Gasteiger partial charge in [-0.15, -0.1) is 0 Å². The molecule has 0 spiro atoms. The van der Waals surface area contributed by atoms with Crippen LogP contribution in [0.5, 0.6) is 0 Å². The number of nitrogens with one attached hydrogen (secondary N) is 2. The predicted octanol–water partition coefficient (Wildman–Crippen LogP) is 6.07. The van der Waals surface area contributed by atoms with E-state index in [2.05, 4.69) is 55.7 Å². The Hall–Kier alpha value is -2.57. The SMILES string of the molecule is CCC=CC(=O)NC(Cc1cc(F)cc(F)c1)C(O)CNC1(c2cccc(C(C)(C)C)c2)CCCCC1. The van der Waals surface area contributed by atoms with Gasteiger partial charge in [-0.25, -0.2) is 8.78 Å². The molecule has 0 aromatic heterocycles. The highest BCUT2D eigenvalue weighted by molar-refractivity contribution is 5.87. The number of carbonyl (C=O) groups is 1. The van der Waals surface area contributed by atoms with Crippen LogP contribution in [0.1, 0.15) is 82.9 Å². The van der Waals surface area contributed by atoms with E-state index < -0.39 is 23.8 Å². The van der Waals surface area contributed by atoms with E-state index in [1.54, 1.807) is 6.08 Å². The molecule has 0 radical (unpaired) electrons. The van der Waals surface area contributed by atoms with Gasteiger partial charge >= 0.3 is 0 Å². The van der Waals surface area contributed by atoms with Crippen molar-refractivity contribution >= 4 is 5.91 Å².